The third-order valence-electron chi connectivity index (χ3n) is 2.69. The summed E-state index contributed by atoms with van der Waals surface area (Å²) in [6.07, 6.45) is 0.642. The van der Waals surface area contributed by atoms with Gasteiger partial charge in [0, 0.05) is 18.9 Å². The van der Waals surface area contributed by atoms with E-state index in [0.717, 1.165) is 6.54 Å². The number of amides is 1. The van der Waals surface area contributed by atoms with Gasteiger partial charge in [-0.1, -0.05) is 29.3 Å². The second-order valence-electron chi connectivity index (χ2n) is 4.13. The van der Waals surface area contributed by atoms with E-state index in [1.165, 1.54) is 16.7 Å². The zero-order valence-electron chi connectivity index (χ0n) is 8.63. The molecule has 1 aliphatic rings. The molecule has 1 unspecified atom stereocenters. The Morgan fingerprint density at radius 3 is 2.36 bits per heavy atom. The molecule has 2 rings (SSSR count). The molecule has 2 nitrogen and oxygen atoms in total. The van der Waals surface area contributed by atoms with Crippen LogP contribution < -0.4 is 5.32 Å². The minimum atomic E-state index is 0.175. The maximum atomic E-state index is 11.1. The summed E-state index contributed by atoms with van der Waals surface area (Å²) in [4.78, 5) is 11.1. The maximum Gasteiger partial charge on any atom is 0.220 e. The lowest BCUT2D eigenvalue weighted by Gasteiger charge is -2.09. The van der Waals surface area contributed by atoms with Gasteiger partial charge in [0.15, 0.2) is 0 Å². The Kier molecular flexibility index (Phi) is 2.28. The minimum absolute atomic E-state index is 0.175. The number of rotatable bonds is 1. The van der Waals surface area contributed by atoms with E-state index in [9.17, 15) is 4.79 Å². The van der Waals surface area contributed by atoms with Gasteiger partial charge >= 0.3 is 0 Å². The molecule has 14 heavy (non-hydrogen) atoms. The van der Waals surface area contributed by atoms with Gasteiger partial charge < -0.3 is 5.32 Å². The van der Waals surface area contributed by atoms with Crippen LogP contribution in [0.1, 0.15) is 29.0 Å². The summed E-state index contributed by atoms with van der Waals surface area (Å²) in [5.41, 5.74) is 3.85. The van der Waals surface area contributed by atoms with Gasteiger partial charge in [-0.2, -0.15) is 0 Å². The Morgan fingerprint density at radius 2 is 1.86 bits per heavy atom. The molecule has 0 aromatic heterocycles. The number of carbonyl (C=O) groups is 1. The fraction of sp³-hybridized carbons (Fsp3) is 0.417. The van der Waals surface area contributed by atoms with Crippen LogP contribution in [-0.2, 0) is 4.79 Å². The fourth-order valence-electron chi connectivity index (χ4n) is 2.09. The van der Waals surface area contributed by atoms with Crippen LogP contribution in [0.5, 0.6) is 0 Å². The Labute approximate surface area is 84.3 Å². The van der Waals surface area contributed by atoms with Gasteiger partial charge in [-0.25, -0.2) is 0 Å². The van der Waals surface area contributed by atoms with Crippen LogP contribution in [0.15, 0.2) is 18.2 Å². The third-order valence-corrected chi connectivity index (χ3v) is 2.69. The van der Waals surface area contributed by atoms with E-state index in [0.29, 0.717) is 12.3 Å². The molecule has 0 radical (unpaired) electrons. The molecular weight excluding hydrogens is 174 g/mol. The van der Waals surface area contributed by atoms with Crippen molar-refractivity contribution in [2.75, 3.05) is 6.54 Å². The lowest BCUT2D eigenvalue weighted by atomic mass is 9.95. The summed E-state index contributed by atoms with van der Waals surface area (Å²) in [5.74, 6) is 0.551. The quantitative estimate of drug-likeness (QED) is 0.718. The Balaban J connectivity index is 2.27. The molecule has 1 aromatic rings. The van der Waals surface area contributed by atoms with Gasteiger partial charge in [0.2, 0.25) is 5.91 Å². The molecule has 1 heterocycles. The van der Waals surface area contributed by atoms with Crippen LogP contribution in [0.3, 0.4) is 0 Å². The molecule has 0 saturated carbocycles. The molecule has 1 fully saturated rings. The van der Waals surface area contributed by atoms with Gasteiger partial charge in [-0.05, 0) is 19.4 Å². The SMILES string of the molecule is Cc1cc(C)cc(C2CNC(=O)C2)c1. The van der Waals surface area contributed by atoms with Crippen LogP contribution in [-0.4, -0.2) is 12.5 Å². The summed E-state index contributed by atoms with van der Waals surface area (Å²) < 4.78 is 0. The van der Waals surface area contributed by atoms with Gasteiger partial charge in [-0.3, -0.25) is 4.79 Å². The first kappa shape index (κ1) is 9.25. The van der Waals surface area contributed by atoms with Crippen molar-refractivity contribution in [1.29, 1.82) is 0 Å². The van der Waals surface area contributed by atoms with Crippen LogP contribution in [0.4, 0.5) is 0 Å². The Bertz CT molecular complexity index is 350. The highest BCUT2D eigenvalue weighted by atomic mass is 16.1. The van der Waals surface area contributed by atoms with Crippen LogP contribution in [0.25, 0.3) is 0 Å². The van der Waals surface area contributed by atoms with Gasteiger partial charge in [0.05, 0.1) is 0 Å². The summed E-state index contributed by atoms with van der Waals surface area (Å²) in [6, 6.07) is 6.52. The Hall–Kier alpha value is -1.31. The van der Waals surface area contributed by atoms with Crippen LogP contribution in [0, 0.1) is 13.8 Å². The smallest absolute Gasteiger partial charge is 0.220 e. The van der Waals surface area contributed by atoms with E-state index in [4.69, 9.17) is 0 Å². The number of carbonyl (C=O) groups excluding carboxylic acids is 1. The molecule has 1 atom stereocenters. The first-order valence-electron chi connectivity index (χ1n) is 5.00. The van der Waals surface area contributed by atoms with Crippen molar-refractivity contribution in [1.82, 2.24) is 5.32 Å². The minimum Gasteiger partial charge on any atom is -0.355 e. The molecule has 1 N–H and O–H groups in total. The molecule has 2 heteroatoms. The van der Waals surface area contributed by atoms with E-state index < -0.39 is 0 Å². The molecule has 1 aromatic carbocycles. The topological polar surface area (TPSA) is 29.1 Å². The molecule has 0 spiro atoms. The predicted octanol–water partition coefficient (Wildman–Crippen LogP) is 1.91. The highest BCUT2D eigenvalue weighted by Gasteiger charge is 2.22. The monoisotopic (exact) mass is 189 g/mol. The highest BCUT2D eigenvalue weighted by Crippen LogP contribution is 2.24. The molecule has 1 saturated heterocycles. The number of benzene rings is 1. The number of hydrogen-bond donors (Lipinski definition) is 1. The fourth-order valence-corrected chi connectivity index (χ4v) is 2.09. The zero-order valence-corrected chi connectivity index (χ0v) is 8.63. The van der Waals surface area contributed by atoms with Gasteiger partial charge in [0.25, 0.3) is 0 Å². The third kappa shape index (κ3) is 1.79. The predicted molar refractivity (Wildman–Crippen MR) is 56.3 cm³/mol. The number of hydrogen-bond acceptors (Lipinski definition) is 1. The second kappa shape index (κ2) is 3.45. The van der Waals surface area contributed by atoms with Gasteiger partial charge in [-0.15, -0.1) is 0 Å². The van der Waals surface area contributed by atoms with Crippen molar-refractivity contribution >= 4 is 5.91 Å². The molecule has 1 aliphatic heterocycles. The van der Waals surface area contributed by atoms with E-state index in [-0.39, 0.29) is 5.91 Å². The maximum absolute atomic E-state index is 11.1. The second-order valence-corrected chi connectivity index (χ2v) is 4.13. The van der Waals surface area contributed by atoms with Crippen molar-refractivity contribution in [2.45, 2.75) is 26.2 Å². The first-order valence-corrected chi connectivity index (χ1v) is 5.00. The van der Waals surface area contributed by atoms with E-state index >= 15 is 0 Å². The Morgan fingerprint density at radius 1 is 1.21 bits per heavy atom. The van der Waals surface area contributed by atoms with Crippen molar-refractivity contribution in [2.24, 2.45) is 0 Å². The summed E-state index contributed by atoms with van der Waals surface area (Å²) in [7, 11) is 0. The number of nitrogens with one attached hydrogen (secondary N) is 1. The standard InChI is InChI=1S/C12H15NO/c1-8-3-9(2)5-10(4-8)11-6-12(14)13-7-11/h3-5,11H,6-7H2,1-2H3,(H,13,14). The molecule has 0 aliphatic carbocycles. The molecule has 0 bridgehead atoms. The van der Waals surface area contributed by atoms with Crippen molar-refractivity contribution in [3.8, 4) is 0 Å². The van der Waals surface area contributed by atoms with Crippen molar-refractivity contribution in [3.05, 3.63) is 34.9 Å². The molecule has 74 valence electrons. The highest BCUT2D eigenvalue weighted by molar-refractivity contribution is 5.79. The van der Waals surface area contributed by atoms with Crippen molar-refractivity contribution < 1.29 is 4.79 Å². The summed E-state index contributed by atoms with van der Waals surface area (Å²) >= 11 is 0. The van der Waals surface area contributed by atoms with Crippen molar-refractivity contribution in [3.63, 3.8) is 0 Å². The lowest BCUT2D eigenvalue weighted by molar-refractivity contribution is -0.119. The molecule has 1 amide bonds. The number of aryl methyl sites for hydroxylation is 2. The van der Waals surface area contributed by atoms with Gasteiger partial charge in [0.1, 0.15) is 0 Å². The largest absolute Gasteiger partial charge is 0.355 e. The summed E-state index contributed by atoms with van der Waals surface area (Å²) in [6.45, 7) is 4.99. The van der Waals surface area contributed by atoms with E-state index in [1.54, 1.807) is 0 Å². The normalized spacial score (nSPS) is 21.0. The summed E-state index contributed by atoms with van der Waals surface area (Å²) in [5, 5.41) is 2.87. The van der Waals surface area contributed by atoms with Crippen LogP contribution >= 0.6 is 0 Å². The lowest BCUT2D eigenvalue weighted by Crippen LogP contribution is -2.13. The zero-order chi connectivity index (χ0) is 10.1. The van der Waals surface area contributed by atoms with Crippen LogP contribution in [0.2, 0.25) is 0 Å². The molecular formula is C12H15NO. The van der Waals surface area contributed by atoms with E-state index in [2.05, 4.69) is 37.4 Å². The average Bonchev–Trinajstić information content (AvgIpc) is 2.50. The first-order chi connectivity index (χ1) is 6.65. The average molecular weight is 189 g/mol. The van der Waals surface area contributed by atoms with E-state index in [1.807, 2.05) is 0 Å².